The molecule has 3 rings (SSSR count). The van der Waals surface area contributed by atoms with E-state index < -0.39 is 5.82 Å². The number of benzene rings is 2. The van der Waals surface area contributed by atoms with Crippen molar-refractivity contribution in [3.05, 3.63) is 57.7 Å². The van der Waals surface area contributed by atoms with Crippen LogP contribution in [0, 0.1) is 11.6 Å². The Bertz CT molecular complexity index is 806. The van der Waals surface area contributed by atoms with Gasteiger partial charge in [-0.25, -0.2) is 18.7 Å². The number of aromatic nitrogens is 2. The van der Waals surface area contributed by atoms with Crippen LogP contribution in [0.1, 0.15) is 0 Å². The van der Waals surface area contributed by atoms with E-state index >= 15 is 0 Å². The smallest absolute Gasteiger partial charge is 0.161 e. The van der Waals surface area contributed by atoms with Crippen LogP contribution < -0.4 is 0 Å². The lowest BCUT2D eigenvalue weighted by Crippen LogP contribution is -1.93. The number of rotatable bonds is 1. The van der Waals surface area contributed by atoms with Crippen molar-refractivity contribution in [1.82, 2.24) is 9.97 Å². The molecule has 2 nitrogen and oxygen atoms in total. The molecule has 1 heterocycles. The summed E-state index contributed by atoms with van der Waals surface area (Å²) in [6.07, 6.45) is 0. The highest BCUT2D eigenvalue weighted by atomic mass is 79.9. The van der Waals surface area contributed by atoms with Crippen LogP contribution in [-0.2, 0) is 0 Å². The van der Waals surface area contributed by atoms with Crippen LogP contribution in [-0.4, -0.2) is 9.97 Å². The first-order chi connectivity index (χ1) is 9.54. The fourth-order valence-electron chi connectivity index (χ4n) is 1.81. The zero-order valence-corrected chi connectivity index (χ0v) is 12.2. The van der Waals surface area contributed by atoms with Gasteiger partial charge in [0.25, 0.3) is 0 Å². The van der Waals surface area contributed by atoms with Gasteiger partial charge in [0.2, 0.25) is 0 Å². The predicted octanol–water partition coefficient (Wildman–Crippen LogP) is 4.99. The highest BCUT2D eigenvalue weighted by Crippen LogP contribution is 2.29. The molecule has 0 fully saturated rings. The number of halogens is 4. The molecule has 3 aromatic rings. The van der Waals surface area contributed by atoms with E-state index in [1.54, 1.807) is 12.1 Å². The maximum Gasteiger partial charge on any atom is 0.161 e. The van der Waals surface area contributed by atoms with Gasteiger partial charge >= 0.3 is 0 Å². The molecule has 20 heavy (non-hydrogen) atoms. The second kappa shape index (κ2) is 5.07. The Labute approximate surface area is 126 Å². The molecule has 1 aromatic heterocycles. The summed E-state index contributed by atoms with van der Waals surface area (Å²) >= 11 is 9.19. The van der Waals surface area contributed by atoms with Crippen LogP contribution in [0.15, 0.2) is 40.9 Å². The number of nitrogens with zero attached hydrogens (tertiary/aromatic N) is 2. The van der Waals surface area contributed by atoms with E-state index in [0.717, 1.165) is 0 Å². The largest absolute Gasteiger partial charge is 0.228 e. The summed E-state index contributed by atoms with van der Waals surface area (Å²) in [6, 6.07) is 8.50. The lowest BCUT2D eigenvalue weighted by molar-refractivity contribution is 0.623. The SMILES string of the molecule is Fc1ccc(-c2nc(Cl)c3cc(Br)c(F)cc3n2)cc1. The zero-order chi connectivity index (χ0) is 14.3. The summed E-state index contributed by atoms with van der Waals surface area (Å²) in [5.74, 6) is -0.461. The third kappa shape index (κ3) is 2.39. The lowest BCUT2D eigenvalue weighted by atomic mass is 10.2. The van der Waals surface area contributed by atoms with Gasteiger partial charge in [-0.3, -0.25) is 0 Å². The minimum Gasteiger partial charge on any atom is -0.228 e. The number of hydrogen-bond donors (Lipinski definition) is 0. The third-order valence-corrected chi connectivity index (χ3v) is 3.69. The zero-order valence-electron chi connectivity index (χ0n) is 9.87. The van der Waals surface area contributed by atoms with Crippen molar-refractivity contribution in [3.8, 4) is 11.4 Å². The van der Waals surface area contributed by atoms with Crippen molar-refractivity contribution in [2.24, 2.45) is 0 Å². The van der Waals surface area contributed by atoms with Crippen LogP contribution >= 0.6 is 27.5 Å². The van der Waals surface area contributed by atoms with E-state index in [1.165, 1.54) is 24.3 Å². The highest BCUT2D eigenvalue weighted by Gasteiger charge is 2.11. The summed E-state index contributed by atoms with van der Waals surface area (Å²) in [4.78, 5) is 8.42. The van der Waals surface area contributed by atoms with Crippen molar-refractivity contribution in [2.45, 2.75) is 0 Å². The molecule has 0 amide bonds. The van der Waals surface area contributed by atoms with E-state index in [-0.39, 0.29) is 11.0 Å². The average Bonchev–Trinajstić information content (AvgIpc) is 2.42. The van der Waals surface area contributed by atoms with E-state index in [0.29, 0.717) is 26.8 Å². The van der Waals surface area contributed by atoms with Gasteiger partial charge < -0.3 is 0 Å². The molecule has 0 aliphatic heterocycles. The van der Waals surface area contributed by atoms with Crippen LogP contribution in [0.5, 0.6) is 0 Å². The van der Waals surface area contributed by atoms with Gasteiger partial charge in [0, 0.05) is 17.0 Å². The highest BCUT2D eigenvalue weighted by molar-refractivity contribution is 9.10. The first-order valence-electron chi connectivity index (χ1n) is 5.63. The van der Waals surface area contributed by atoms with E-state index in [9.17, 15) is 8.78 Å². The molecule has 0 aliphatic carbocycles. The average molecular weight is 356 g/mol. The van der Waals surface area contributed by atoms with Crippen molar-refractivity contribution < 1.29 is 8.78 Å². The Balaban J connectivity index is 2.23. The van der Waals surface area contributed by atoms with Crippen molar-refractivity contribution in [2.75, 3.05) is 0 Å². The maximum atomic E-state index is 13.6. The third-order valence-electron chi connectivity index (χ3n) is 2.79. The molecular formula is C14H6BrClF2N2. The molecule has 0 saturated carbocycles. The second-order valence-electron chi connectivity index (χ2n) is 4.13. The molecule has 6 heteroatoms. The first-order valence-corrected chi connectivity index (χ1v) is 6.80. The predicted molar refractivity (Wildman–Crippen MR) is 77.6 cm³/mol. The Hall–Kier alpha value is -1.59. The molecule has 100 valence electrons. The topological polar surface area (TPSA) is 25.8 Å². The standard InChI is InChI=1S/C14H6BrClF2N2/c15-10-5-9-12(6-11(10)18)19-14(20-13(9)16)7-1-3-8(17)4-2-7/h1-6H. The summed E-state index contributed by atoms with van der Waals surface area (Å²) in [7, 11) is 0. The Morgan fingerprint density at radius 3 is 2.40 bits per heavy atom. The monoisotopic (exact) mass is 354 g/mol. The van der Waals surface area contributed by atoms with Gasteiger partial charge in [-0.15, -0.1) is 0 Å². The summed E-state index contributed by atoms with van der Waals surface area (Å²) < 4.78 is 26.8. The van der Waals surface area contributed by atoms with Crippen LogP contribution in [0.2, 0.25) is 5.15 Å². The molecule has 0 N–H and O–H groups in total. The van der Waals surface area contributed by atoms with Gasteiger partial charge in [0.05, 0.1) is 9.99 Å². The first kappa shape index (κ1) is 13.4. The maximum absolute atomic E-state index is 13.6. The molecular weight excluding hydrogens is 350 g/mol. The van der Waals surface area contributed by atoms with Crippen LogP contribution in [0.4, 0.5) is 8.78 Å². The molecule has 0 aliphatic rings. The Morgan fingerprint density at radius 2 is 1.70 bits per heavy atom. The van der Waals surface area contributed by atoms with Crippen molar-refractivity contribution in [1.29, 1.82) is 0 Å². The van der Waals surface area contributed by atoms with E-state index in [4.69, 9.17) is 11.6 Å². The van der Waals surface area contributed by atoms with E-state index in [1.807, 2.05) is 0 Å². The quantitative estimate of drug-likeness (QED) is 0.575. The fourth-order valence-corrected chi connectivity index (χ4v) is 2.39. The lowest BCUT2D eigenvalue weighted by Gasteiger charge is -2.06. The van der Waals surface area contributed by atoms with Crippen molar-refractivity contribution in [3.63, 3.8) is 0 Å². The molecule has 0 spiro atoms. The molecule has 0 unspecified atom stereocenters. The van der Waals surface area contributed by atoms with E-state index in [2.05, 4.69) is 25.9 Å². The second-order valence-corrected chi connectivity index (χ2v) is 5.34. The molecule has 0 bridgehead atoms. The normalized spacial score (nSPS) is 11.0. The summed E-state index contributed by atoms with van der Waals surface area (Å²) in [5, 5.41) is 0.765. The number of fused-ring (bicyclic) bond motifs is 1. The minimum atomic E-state index is -0.433. The molecule has 2 aromatic carbocycles. The van der Waals surface area contributed by atoms with Crippen molar-refractivity contribution >= 4 is 38.4 Å². The number of hydrogen-bond acceptors (Lipinski definition) is 2. The van der Waals surface area contributed by atoms with Crippen LogP contribution in [0.25, 0.3) is 22.3 Å². The van der Waals surface area contributed by atoms with Gasteiger partial charge in [0.15, 0.2) is 5.82 Å². The summed E-state index contributed by atoms with van der Waals surface area (Å²) in [6.45, 7) is 0. The van der Waals surface area contributed by atoms with Gasteiger partial charge in [0.1, 0.15) is 16.8 Å². The van der Waals surface area contributed by atoms with Crippen LogP contribution in [0.3, 0.4) is 0 Å². The van der Waals surface area contributed by atoms with Gasteiger partial charge in [-0.2, -0.15) is 0 Å². The fraction of sp³-hybridized carbons (Fsp3) is 0. The summed E-state index contributed by atoms with van der Waals surface area (Å²) in [5.41, 5.74) is 1.00. The Kier molecular flexibility index (Phi) is 3.40. The molecule has 0 saturated heterocycles. The van der Waals surface area contributed by atoms with Gasteiger partial charge in [-0.05, 0) is 46.3 Å². The molecule has 0 atom stereocenters. The van der Waals surface area contributed by atoms with Gasteiger partial charge in [-0.1, -0.05) is 11.6 Å². The molecule has 0 radical (unpaired) electrons. The Morgan fingerprint density at radius 1 is 1.00 bits per heavy atom. The minimum absolute atomic E-state index is 0.218.